The van der Waals surface area contributed by atoms with E-state index in [1.165, 1.54) is 38.8 Å². The van der Waals surface area contributed by atoms with Gasteiger partial charge in [-0.2, -0.15) is 0 Å². The summed E-state index contributed by atoms with van der Waals surface area (Å²) >= 11 is 0. The van der Waals surface area contributed by atoms with Gasteiger partial charge in [0.2, 0.25) is 0 Å². The van der Waals surface area contributed by atoms with E-state index in [9.17, 15) is 0 Å². The fourth-order valence-corrected chi connectivity index (χ4v) is 2.28. The van der Waals surface area contributed by atoms with Crippen LogP contribution in [0.5, 0.6) is 0 Å². The summed E-state index contributed by atoms with van der Waals surface area (Å²) < 4.78 is 5.52. The highest BCUT2D eigenvalue weighted by atomic mass is 16.5. The van der Waals surface area contributed by atoms with Crippen molar-refractivity contribution in [2.24, 2.45) is 5.41 Å². The van der Waals surface area contributed by atoms with E-state index in [-0.39, 0.29) is 0 Å². The van der Waals surface area contributed by atoms with E-state index in [1.54, 1.807) is 0 Å². The van der Waals surface area contributed by atoms with E-state index in [1.807, 2.05) is 0 Å². The molecule has 0 aromatic rings. The molecule has 1 atom stereocenters. The topological polar surface area (TPSA) is 21.3 Å². The molecule has 2 aliphatic heterocycles. The van der Waals surface area contributed by atoms with Crippen molar-refractivity contribution in [1.82, 2.24) is 5.32 Å². The molecule has 0 unspecified atom stereocenters. The SMILES string of the molecule is C1CNC[C@@]2(C1)CCCOC2. The molecule has 2 rings (SSSR count). The summed E-state index contributed by atoms with van der Waals surface area (Å²) in [6, 6.07) is 0. The summed E-state index contributed by atoms with van der Waals surface area (Å²) in [5.74, 6) is 0. The Kier molecular flexibility index (Phi) is 2.14. The highest BCUT2D eigenvalue weighted by Gasteiger charge is 2.33. The maximum absolute atomic E-state index is 5.52. The molecule has 0 aliphatic carbocycles. The van der Waals surface area contributed by atoms with Crippen molar-refractivity contribution in [1.29, 1.82) is 0 Å². The molecule has 11 heavy (non-hydrogen) atoms. The molecule has 0 bridgehead atoms. The fraction of sp³-hybridized carbons (Fsp3) is 1.00. The second kappa shape index (κ2) is 3.11. The minimum atomic E-state index is 0.524. The smallest absolute Gasteiger partial charge is 0.0534 e. The lowest BCUT2D eigenvalue weighted by Crippen LogP contribution is -2.45. The van der Waals surface area contributed by atoms with Crippen LogP contribution in [0.15, 0.2) is 0 Å². The van der Waals surface area contributed by atoms with Gasteiger partial charge in [-0.3, -0.25) is 0 Å². The third-order valence-corrected chi connectivity index (χ3v) is 2.96. The van der Waals surface area contributed by atoms with Crippen LogP contribution in [0.25, 0.3) is 0 Å². The molecule has 0 aromatic carbocycles. The van der Waals surface area contributed by atoms with Gasteiger partial charge in [-0.15, -0.1) is 0 Å². The van der Waals surface area contributed by atoms with Crippen LogP contribution in [-0.4, -0.2) is 26.3 Å². The normalized spacial score (nSPS) is 39.3. The summed E-state index contributed by atoms with van der Waals surface area (Å²) in [7, 11) is 0. The minimum Gasteiger partial charge on any atom is -0.381 e. The monoisotopic (exact) mass is 155 g/mol. The third kappa shape index (κ3) is 1.57. The maximum Gasteiger partial charge on any atom is 0.0534 e. The molecule has 2 saturated heterocycles. The second-order valence-electron chi connectivity index (χ2n) is 3.94. The number of rotatable bonds is 0. The first kappa shape index (κ1) is 7.56. The standard InChI is InChI=1S/C9H17NO/c1-3-9(7-10-5-1)4-2-6-11-8-9/h10H,1-8H2/t9-/m1/s1. The zero-order chi connectivity index (χ0) is 7.57. The fourth-order valence-electron chi connectivity index (χ4n) is 2.28. The van der Waals surface area contributed by atoms with Gasteiger partial charge in [-0.05, 0) is 32.2 Å². The highest BCUT2D eigenvalue weighted by molar-refractivity contribution is 4.86. The number of ether oxygens (including phenoxy) is 1. The highest BCUT2D eigenvalue weighted by Crippen LogP contribution is 2.34. The molecular formula is C9H17NO. The predicted octanol–water partition coefficient (Wildman–Crippen LogP) is 1.17. The Balaban J connectivity index is 1.94. The number of hydrogen-bond acceptors (Lipinski definition) is 2. The van der Waals surface area contributed by atoms with Gasteiger partial charge in [0, 0.05) is 18.6 Å². The Labute approximate surface area is 68.3 Å². The molecule has 1 N–H and O–H groups in total. The molecule has 0 amide bonds. The van der Waals surface area contributed by atoms with Crippen LogP contribution in [0.2, 0.25) is 0 Å². The number of nitrogens with one attached hydrogen (secondary N) is 1. The maximum atomic E-state index is 5.52. The Morgan fingerprint density at radius 1 is 1.18 bits per heavy atom. The van der Waals surface area contributed by atoms with Gasteiger partial charge in [0.05, 0.1) is 6.61 Å². The lowest BCUT2D eigenvalue weighted by Gasteiger charge is -2.40. The van der Waals surface area contributed by atoms with Crippen molar-refractivity contribution < 1.29 is 4.74 Å². The zero-order valence-corrected chi connectivity index (χ0v) is 7.07. The van der Waals surface area contributed by atoms with Crippen LogP contribution >= 0.6 is 0 Å². The summed E-state index contributed by atoms with van der Waals surface area (Å²) in [5.41, 5.74) is 0.524. The van der Waals surface area contributed by atoms with E-state index in [0.717, 1.165) is 13.2 Å². The first-order chi connectivity index (χ1) is 5.41. The Bertz CT molecular complexity index is 104. The van der Waals surface area contributed by atoms with Crippen molar-refractivity contribution in [3.63, 3.8) is 0 Å². The van der Waals surface area contributed by atoms with Crippen molar-refractivity contribution >= 4 is 0 Å². The molecule has 0 saturated carbocycles. The molecule has 2 heterocycles. The molecule has 0 radical (unpaired) electrons. The van der Waals surface area contributed by atoms with Gasteiger partial charge in [-0.25, -0.2) is 0 Å². The van der Waals surface area contributed by atoms with E-state index in [0.29, 0.717) is 5.41 Å². The Hall–Kier alpha value is -0.0800. The second-order valence-corrected chi connectivity index (χ2v) is 3.94. The van der Waals surface area contributed by atoms with Crippen LogP contribution < -0.4 is 5.32 Å². The molecular weight excluding hydrogens is 138 g/mol. The van der Waals surface area contributed by atoms with Crippen LogP contribution in [0.3, 0.4) is 0 Å². The first-order valence-corrected chi connectivity index (χ1v) is 4.70. The Morgan fingerprint density at radius 2 is 2.09 bits per heavy atom. The van der Waals surface area contributed by atoms with Crippen molar-refractivity contribution in [2.45, 2.75) is 25.7 Å². The van der Waals surface area contributed by atoms with E-state index in [4.69, 9.17) is 4.74 Å². The average molecular weight is 155 g/mol. The van der Waals surface area contributed by atoms with Gasteiger partial charge in [0.1, 0.15) is 0 Å². The van der Waals surface area contributed by atoms with Crippen molar-refractivity contribution in [3.05, 3.63) is 0 Å². The van der Waals surface area contributed by atoms with Crippen LogP contribution in [0.1, 0.15) is 25.7 Å². The molecule has 1 spiro atoms. The quantitative estimate of drug-likeness (QED) is 0.567. The van der Waals surface area contributed by atoms with Crippen LogP contribution in [0, 0.1) is 5.41 Å². The molecule has 64 valence electrons. The third-order valence-electron chi connectivity index (χ3n) is 2.96. The molecule has 2 aliphatic rings. The molecule has 2 nitrogen and oxygen atoms in total. The van der Waals surface area contributed by atoms with Gasteiger partial charge in [0.25, 0.3) is 0 Å². The summed E-state index contributed by atoms with van der Waals surface area (Å²) in [5, 5.41) is 3.47. The van der Waals surface area contributed by atoms with Crippen molar-refractivity contribution in [2.75, 3.05) is 26.3 Å². The van der Waals surface area contributed by atoms with E-state index in [2.05, 4.69) is 5.32 Å². The predicted molar refractivity (Wildman–Crippen MR) is 44.6 cm³/mol. The number of piperidine rings is 1. The van der Waals surface area contributed by atoms with E-state index >= 15 is 0 Å². The van der Waals surface area contributed by atoms with Crippen LogP contribution in [0.4, 0.5) is 0 Å². The summed E-state index contributed by atoms with van der Waals surface area (Å²) in [6.07, 6.45) is 5.35. The lowest BCUT2D eigenvalue weighted by molar-refractivity contribution is -0.0202. The van der Waals surface area contributed by atoms with Crippen LogP contribution in [-0.2, 0) is 4.74 Å². The molecule has 0 aromatic heterocycles. The lowest BCUT2D eigenvalue weighted by atomic mass is 9.77. The minimum absolute atomic E-state index is 0.524. The molecule has 2 heteroatoms. The summed E-state index contributed by atoms with van der Waals surface area (Å²) in [6.45, 7) is 4.39. The zero-order valence-electron chi connectivity index (χ0n) is 7.07. The number of hydrogen-bond donors (Lipinski definition) is 1. The average Bonchev–Trinajstić information content (AvgIpc) is 2.07. The van der Waals surface area contributed by atoms with Gasteiger partial charge in [0.15, 0.2) is 0 Å². The molecule has 2 fully saturated rings. The Morgan fingerprint density at radius 3 is 2.73 bits per heavy atom. The van der Waals surface area contributed by atoms with Gasteiger partial charge >= 0.3 is 0 Å². The van der Waals surface area contributed by atoms with E-state index < -0.39 is 0 Å². The summed E-state index contributed by atoms with van der Waals surface area (Å²) in [4.78, 5) is 0. The largest absolute Gasteiger partial charge is 0.381 e. The first-order valence-electron chi connectivity index (χ1n) is 4.70. The van der Waals surface area contributed by atoms with Gasteiger partial charge in [-0.1, -0.05) is 0 Å². The van der Waals surface area contributed by atoms with Crippen molar-refractivity contribution in [3.8, 4) is 0 Å². The van der Waals surface area contributed by atoms with Gasteiger partial charge < -0.3 is 10.1 Å².